The molecule has 0 amide bonds. The third kappa shape index (κ3) is 1.86. The van der Waals surface area contributed by atoms with Crippen molar-refractivity contribution in [3.05, 3.63) is 23.7 Å². The van der Waals surface area contributed by atoms with Crippen LogP contribution in [0.5, 0.6) is 0 Å². The third-order valence-corrected chi connectivity index (χ3v) is 1.20. The largest absolute Gasteiger partial charge is 0.465 e. The summed E-state index contributed by atoms with van der Waals surface area (Å²) in [5.74, 6) is 7.24. The first-order valence-electron chi connectivity index (χ1n) is 3.19. The summed E-state index contributed by atoms with van der Waals surface area (Å²) in [4.78, 5) is 0. The van der Waals surface area contributed by atoms with Crippen LogP contribution in [0.3, 0.4) is 0 Å². The summed E-state index contributed by atoms with van der Waals surface area (Å²) < 4.78 is 5.27. The monoisotopic (exact) mass is 140 g/mol. The first-order valence-corrected chi connectivity index (χ1v) is 3.19. The van der Waals surface area contributed by atoms with Crippen molar-refractivity contribution in [3.63, 3.8) is 0 Å². The maximum absolute atomic E-state index is 5.41. The Bertz CT molecular complexity index is 205. The zero-order chi connectivity index (χ0) is 7.56. The Morgan fingerprint density at radius 3 is 2.70 bits per heavy atom. The number of nitrogens with two attached hydrogens (primary N) is 1. The van der Waals surface area contributed by atoms with E-state index in [1.165, 1.54) is 0 Å². The molecule has 1 heterocycles. The number of hydrogen-bond donors (Lipinski definition) is 1. The van der Waals surface area contributed by atoms with Crippen molar-refractivity contribution in [1.29, 1.82) is 0 Å². The molecule has 0 unspecified atom stereocenters. The van der Waals surface area contributed by atoms with Gasteiger partial charge in [-0.1, -0.05) is 0 Å². The second kappa shape index (κ2) is 2.86. The molecule has 0 atom stereocenters. The van der Waals surface area contributed by atoms with E-state index >= 15 is 0 Å². The van der Waals surface area contributed by atoms with E-state index < -0.39 is 0 Å². The van der Waals surface area contributed by atoms with E-state index in [1.54, 1.807) is 12.1 Å². The zero-order valence-corrected chi connectivity index (χ0v) is 6.29. The first-order chi connectivity index (χ1) is 4.68. The van der Waals surface area contributed by atoms with E-state index in [-0.39, 0.29) is 0 Å². The maximum Gasteiger partial charge on any atom is 0.119 e. The second-order valence-corrected chi connectivity index (χ2v) is 2.43. The van der Waals surface area contributed by atoms with E-state index in [9.17, 15) is 0 Å². The predicted octanol–water partition coefficient (Wildman–Crippen LogP) is 0.894. The minimum atomic E-state index is 0.661. The van der Waals surface area contributed by atoms with Gasteiger partial charge < -0.3 is 4.42 Å². The van der Waals surface area contributed by atoms with Gasteiger partial charge in [0.2, 0.25) is 0 Å². The number of nitrogens with zero attached hydrogens (tertiary/aromatic N) is 1. The molecule has 0 aliphatic rings. The topological polar surface area (TPSA) is 42.4 Å². The molecule has 3 heteroatoms. The number of aryl methyl sites for hydroxylation is 1. The van der Waals surface area contributed by atoms with Gasteiger partial charge >= 0.3 is 0 Å². The van der Waals surface area contributed by atoms with Crippen molar-refractivity contribution in [2.24, 2.45) is 5.84 Å². The molecule has 0 radical (unpaired) electrons. The van der Waals surface area contributed by atoms with Crippen LogP contribution in [0.4, 0.5) is 0 Å². The van der Waals surface area contributed by atoms with E-state index in [0.717, 1.165) is 11.5 Å². The molecule has 1 rings (SSSR count). The molecule has 0 aromatic carbocycles. The lowest BCUT2D eigenvalue weighted by Crippen LogP contribution is -2.24. The molecule has 0 saturated carbocycles. The highest BCUT2D eigenvalue weighted by molar-refractivity contribution is 5.04. The normalized spacial score (nSPS) is 10.8. The Kier molecular flexibility index (Phi) is 2.09. The van der Waals surface area contributed by atoms with Gasteiger partial charge in [0.05, 0.1) is 6.54 Å². The van der Waals surface area contributed by atoms with Crippen molar-refractivity contribution in [1.82, 2.24) is 5.01 Å². The van der Waals surface area contributed by atoms with Gasteiger partial charge in [0, 0.05) is 7.05 Å². The Morgan fingerprint density at radius 1 is 1.60 bits per heavy atom. The number of rotatable bonds is 2. The second-order valence-electron chi connectivity index (χ2n) is 2.43. The summed E-state index contributed by atoms with van der Waals surface area (Å²) in [6.07, 6.45) is 0. The summed E-state index contributed by atoms with van der Waals surface area (Å²) in [5.41, 5.74) is 0. The van der Waals surface area contributed by atoms with E-state index in [1.807, 2.05) is 19.1 Å². The molecule has 0 fully saturated rings. The van der Waals surface area contributed by atoms with Crippen molar-refractivity contribution >= 4 is 0 Å². The van der Waals surface area contributed by atoms with Crippen LogP contribution in [0.2, 0.25) is 0 Å². The highest BCUT2D eigenvalue weighted by Crippen LogP contribution is 2.06. The maximum atomic E-state index is 5.41. The summed E-state index contributed by atoms with van der Waals surface area (Å²) in [6.45, 7) is 2.58. The SMILES string of the molecule is Cc1ccc(CN(C)N)o1. The van der Waals surface area contributed by atoms with Crippen LogP contribution in [0.15, 0.2) is 16.5 Å². The molecule has 0 spiro atoms. The van der Waals surface area contributed by atoms with E-state index in [2.05, 4.69) is 0 Å². The van der Waals surface area contributed by atoms with Crippen LogP contribution in [-0.2, 0) is 6.54 Å². The highest BCUT2D eigenvalue weighted by atomic mass is 16.3. The average Bonchev–Trinajstić information content (AvgIpc) is 2.13. The molecule has 2 N–H and O–H groups in total. The van der Waals surface area contributed by atoms with Gasteiger partial charge in [-0.25, -0.2) is 5.01 Å². The van der Waals surface area contributed by atoms with Gasteiger partial charge in [-0.15, -0.1) is 0 Å². The lowest BCUT2D eigenvalue weighted by molar-refractivity contribution is 0.302. The predicted molar refractivity (Wildman–Crippen MR) is 39.1 cm³/mol. The molecule has 56 valence electrons. The highest BCUT2D eigenvalue weighted by Gasteiger charge is 1.98. The van der Waals surface area contributed by atoms with Crippen molar-refractivity contribution in [2.45, 2.75) is 13.5 Å². The third-order valence-electron chi connectivity index (χ3n) is 1.20. The summed E-state index contributed by atoms with van der Waals surface area (Å²) in [6, 6.07) is 3.86. The van der Waals surface area contributed by atoms with E-state index in [0.29, 0.717) is 6.54 Å². The van der Waals surface area contributed by atoms with E-state index in [4.69, 9.17) is 10.3 Å². The summed E-state index contributed by atoms with van der Waals surface area (Å²) in [7, 11) is 1.80. The number of hydrogen-bond acceptors (Lipinski definition) is 3. The van der Waals surface area contributed by atoms with Crippen LogP contribution in [0.1, 0.15) is 11.5 Å². The quantitative estimate of drug-likeness (QED) is 0.490. The fourth-order valence-corrected chi connectivity index (χ4v) is 0.816. The van der Waals surface area contributed by atoms with Gasteiger partial charge in [0.25, 0.3) is 0 Å². The van der Waals surface area contributed by atoms with Gasteiger partial charge in [0.1, 0.15) is 11.5 Å². The van der Waals surface area contributed by atoms with Crippen LogP contribution in [0.25, 0.3) is 0 Å². The zero-order valence-electron chi connectivity index (χ0n) is 6.29. The molecule has 1 aromatic rings. The molecule has 0 bridgehead atoms. The fraction of sp³-hybridized carbons (Fsp3) is 0.429. The number of furan rings is 1. The van der Waals surface area contributed by atoms with Crippen molar-refractivity contribution in [2.75, 3.05) is 7.05 Å². The number of hydrazine groups is 1. The summed E-state index contributed by atoms with van der Waals surface area (Å²) in [5, 5.41) is 1.58. The Morgan fingerprint density at radius 2 is 2.30 bits per heavy atom. The molecule has 0 saturated heterocycles. The van der Waals surface area contributed by atoms with Crippen LogP contribution in [-0.4, -0.2) is 12.1 Å². The molecular weight excluding hydrogens is 128 g/mol. The van der Waals surface area contributed by atoms with Gasteiger partial charge in [0.15, 0.2) is 0 Å². The molecule has 3 nitrogen and oxygen atoms in total. The summed E-state index contributed by atoms with van der Waals surface area (Å²) >= 11 is 0. The standard InChI is InChI=1S/C7H12N2O/c1-6-3-4-7(10-6)5-9(2)8/h3-4H,5,8H2,1-2H3. The Labute approximate surface area is 60.4 Å². The minimum absolute atomic E-state index is 0.661. The van der Waals surface area contributed by atoms with Crippen molar-refractivity contribution in [3.8, 4) is 0 Å². The molecular formula is C7H12N2O. The first kappa shape index (κ1) is 7.31. The van der Waals surface area contributed by atoms with Crippen LogP contribution >= 0.6 is 0 Å². The lowest BCUT2D eigenvalue weighted by Gasteiger charge is -2.04. The molecule has 0 aliphatic carbocycles. The van der Waals surface area contributed by atoms with Gasteiger partial charge in [-0.3, -0.25) is 5.84 Å². The Balaban J connectivity index is 2.58. The molecule has 10 heavy (non-hydrogen) atoms. The van der Waals surface area contributed by atoms with Crippen molar-refractivity contribution < 1.29 is 4.42 Å². The van der Waals surface area contributed by atoms with Crippen LogP contribution < -0.4 is 5.84 Å². The van der Waals surface area contributed by atoms with Gasteiger partial charge in [-0.2, -0.15) is 0 Å². The molecule has 0 aliphatic heterocycles. The fourth-order valence-electron chi connectivity index (χ4n) is 0.816. The van der Waals surface area contributed by atoms with Gasteiger partial charge in [-0.05, 0) is 19.1 Å². The minimum Gasteiger partial charge on any atom is -0.465 e. The Hall–Kier alpha value is -0.800. The lowest BCUT2D eigenvalue weighted by atomic mass is 10.4. The average molecular weight is 140 g/mol. The molecule has 1 aromatic heterocycles. The van der Waals surface area contributed by atoms with Crippen LogP contribution in [0, 0.1) is 6.92 Å². The smallest absolute Gasteiger partial charge is 0.119 e.